The molecule has 0 spiro atoms. The third-order valence-electron chi connectivity index (χ3n) is 2.76. The maximum Gasteiger partial charge on any atom is 0.326 e. The second kappa shape index (κ2) is 6.51. The molecule has 112 valence electrons. The fourth-order valence-corrected chi connectivity index (χ4v) is 2.60. The number of thiazole rings is 1. The summed E-state index contributed by atoms with van der Waals surface area (Å²) in [5.74, 6) is -1.23. The van der Waals surface area contributed by atoms with Gasteiger partial charge in [-0.15, -0.1) is 11.3 Å². The van der Waals surface area contributed by atoms with Crippen LogP contribution in [0.3, 0.4) is 0 Å². The fourth-order valence-electron chi connectivity index (χ4n) is 1.73. The van der Waals surface area contributed by atoms with E-state index in [0.717, 1.165) is 0 Å². The highest BCUT2D eigenvalue weighted by molar-refractivity contribution is 7.15. The number of nitrogens with one attached hydrogen (secondary N) is 1. The number of aliphatic carboxylic acids is 1. The minimum atomic E-state index is -1.20. The van der Waals surface area contributed by atoms with Crippen molar-refractivity contribution >= 4 is 23.2 Å². The van der Waals surface area contributed by atoms with Crippen LogP contribution in [0.15, 0.2) is 22.8 Å². The zero-order chi connectivity index (χ0) is 15.4. The standard InChI is InChI=1S/C13H14N2O5S/c1-7-10(11(17)14-8(4-5-16)13(18)19)15-12(21-7)9-3-2-6-20-9/h2-3,6,8,16H,4-5H2,1H3,(H,14,17)(H,18,19)/t8-/m1/s1. The number of carbonyl (C=O) groups excluding carboxylic acids is 1. The fraction of sp³-hybridized carbons (Fsp3) is 0.308. The van der Waals surface area contributed by atoms with E-state index < -0.39 is 17.9 Å². The van der Waals surface area contributed by atoms with Crippen molar-refractivity contribution in [3.63, 3.8) is 0 Å². The van der Waals surface area contributed by atoms with Gasteiger partial charge in [0.05, 0.1) is 6.26 Å². The molecule has 0 aromatic carbocycles. The number of carbonyl (C=O) groups is 2. The van der Waals surface area contributed by atoms with Crippen LogP contribution in [0.5, 0.6) is 0 Å². The Balaban J connectivity index is 2.18. The Kier molecular flexibility index (Phi) is 4.71. The van der Waals surface area contributed by atoms with Crippen LogP contribution >= 0.6 is 11.3 Å². The van der Waals surface area contributed by atoms with Crippen LogP contribution in [-0.4, -0.2) is 39.7 Å². The van der Waals surface area contributed by atoms with Gasteiger partial charge in [-0.25, -0.2) is 9.78 Å². The lowest BCUT2D eigenvalue weighted by atomic mass is 10.2. The molecular weight excluding hydrogens is 296 g/mol. The number of aromatic nitrogens is 1. The lowest BCUT2D eigenvalue weighted by molar-refractivity contribution is -0.139. The van der Waals surface area contributed by atoms with Gasteiger partial charge in [0.1, 0.15) is 11.7 Å². The van der Waals surface area contributed by atoms with Crippen LogP contribution in [0, 0.1) is 6.92 Å². The van der Waals surface area contributed by atoms with Gasteiger partial charge in [0.15, 0.2) is 10.8 Å². The van der Waals surface area contributed by atoms with Crippen molar-refractivity contribution in [2.24, 2.45) is 0 Å². The zero-order valence-electron chi connectivity index (χ0n) is 11.2. The van der Waals surface area contributed by atoms with Crippen LogP contribution in [0.1, 0.15) is 21.8 Å². The summed E-state index contributed by atoms with van der Waals surface area (Å²) in [6, 6.07) is 2.30. The minimum absolute atomic E-state index is 0.0602. The van der Waals surface area contributed by atoms with Gasteiger partial charge < -0.3 is 19.9 Å². The smallest absolute Gasteiger partial charge is 0.326 e. The van der Waals surface area contributed by atoms with Crippen LogP contribution < -0.4 is 5.32 Å². The normalized spacial score (nSPS) is 12.1. The van der Waals surface area contributed by atoms with E-state index in [1.54, 1.807) is 19.1 Å². The molecule has 0 aliphatic carbocycles. The molecule has 0 unspecified atom stereocenters. The first kappa shape index (κ1) is 15.2. The summed E-state index contributed by atoms with van der Waals surface area (Å²) >= 11 is 1.29. The number of carboxylic acid groups (broad SMARTS) is 1. The van der Waals surface area contributed by atoms with Crippen molar-refractivity contribution in [1.82, 2.24) is 10.3 Å². The Morgan fingerprint density at radius 3 is 2.86 bits per heavy atom. The summed E-state index contributed by atoms with van der Waals surface area (Å²) in [4.78, 5) is 27.9. The molecule has 2 rings (SSSR count). The summed E-state index contributed by atoms with van der Waals surface area (Å²) in [6.45, 7) is 1.39. The summed E-state index contributed by atoms with van der Waals surface area (Å²) in [7, 11) is 0. The van der Waals surface area contributed by atoms with Gasteiger partial charge >= 0.3 is 5.97 Å². The second-order valence-corrected chi connectivity index (χ2v) is 5.48. The molecule has 0 saturated carbocycles. The SMILES string of the molecule is Cc1sc(-c2ccco2)nc1C(=O)N[C@H](CCO)C(=O)O. The Morgan fingerprint density at radius 1 is 1.52 bits per heavy atom. The molecule has 1 amide bonds. The van der Waals surface area contributed by atoms with Gasteiger partial charge in [-0.1, -0.05) is 0 Å². The van der Waals surface area contributed by atoms with E-state index in [0.29, 0.717) is 15.6 Å². The maximum atomic E-state index is 12.1. The molecule has 0 aliphatic heterocycles. The van der Waals surface area contributed by atoms with E-state index in [1.165, 1.54) is 17.6 Å². The lowest BCUT2D eigenvalue weighted by Gasteiger charge is -2.12. The van der Waals surface area contributed by atoms with E-state index in [1.807, 2.05) is 0 Å². The van der Waals surface area contributed by atoms with Crippen molar-refractivity contribution in [2.75, 3.05) is 6.61 Å². The van der Waals surface area contributed by atoms with E-state index >= 15 is 0 Å². The number of hydrogen-bond donors (Lipinski definition) is 3. The first-order valence-corrected chi connectivity index (χ1v) is 7.00. The van der Waals surface area contributed by atoms with Gasteiger partial charge in [0.2, 0.25) is 0 Å². The summed E-state index contributed by atoms with van der Waals surface area (Å²) in [5, 5.41) is 20.7. The number of hydrogen-bond acceptors (Lipinski definition) is 6. The van der Waals surface area contributed by atoms with E-state index in [4.69, 9.17) is 14.6 Å². The van der Waals surface area contributed by atoms with Crippen LogP contribution in [-0.2, 0) is 4.79 Å². The molecule has 21 heavy (non-hydrogen) atoms. The van der Waals surface area contributed by atoms with Gasteiger partial charge in [-0.05, 0) is 19.1 Å². The van der Waals surface area contributed by atoms with Crippen LogP contribution in [0.2, 0.25) is 0 Å². The Labute approximate surface area is 124 Å². The third-order valence-corrected chi connectivity index (χ3v) is 3.75. The minimum Gasteiger partial charge on any atom is -0.480 e. The van der Waals surface area contributed by atoms with Gasteiger partial charge in [-0.3, -0.25) is 4.79 Å². The highest BCUT2D eigenvalue weighted by atomic mass is 32.1. The zero-order valence-corrected chi connectivity index (χ0v) is 12.0. The molecule has 0 saturated heterocycles. The number of nitrogens with zero attached hydrogens (tertiary/aromatic N) is 1. The number of aliphatic hydroxyl groups excluding tert-OH is 1. The van der Waals surface area contributed by atoms with Crippen molar-refractivity contribution in [2.45, 2.75) is 19.4 Å². The van der Waals surface area contributed by atoms with Crippen molar-refractivity contribution in [3.8, 4) is 10.8 Å². The lowest BCUT2D eigenvalue weighted by Crippen LogP contribution is -2.41. The number of furan rings is 1. The number of aryl methyl sites for hydroxylation is 1. The van der Waals surface area contributed by atoms with E-state index in [-0.39, 0.29) is 18.7 Å². The first-order chi connectivity index (χ1) is 10.0. The first-order valence-electron chi connectivity index (χ1n) is 6.18. The molecule has 0 bridgehead atoms. The average Bonchev–Trinajstić information content (AvgIpc) is 3.06. The molecule has 1 atom stereocenters. The molecule has 0 fully saturated rings. The van der Waals surface area contributed by atoms with E-state index in [2.05, 4.69) is 10.3 Å². The molecule has 7 nitrogen and oxygen atoms in total. The summed E-state index contributed by atoms with van der Waals surface area (Å²) in [6.07, 6.45) is 1.45. The van der Waals surface area contributed by atoms with Crippen LogP contribution in [0.4, 0.5) is 0 Å². The molecule has 0 aliphatic rings. The number of rotatable bonds is 6. The predicted molar refractivity (Wildman–Crippen MR) is 75.1 cm³/mol. The molecule has 2 aromatic heterocycles. The monoisotopic (exact) mass is 310 g/mol. The van der Waals surface area contributed by atoms with Gasteiger partial charge in [0, 0.05) is 17.9 Å². The third kappa shape index (κ3) is 3.47. The largest absolute Gasteiger partial charge is 0.480 e. The van der Waals surface area contributed by atoms with E-state index in [9.17, 15) is 9.59 Å². The van der Waals surface area contributed by atoms with Crippen LogP contribution in [0.25, 0.3) is 10.8 Å². The molecular formula is C13H14N2O5S. The summed E-state index contributed by atoms with van der Waals surface area (Å²) < 4.78 is 5.21. The average molecular weight is 310 g/mol. The molecule has 0 radical (unpaired) electrons. The summed E-state index contributed by atoms with van der Waals surface area (Å²) in [5.41, 5.74) is 0.163. The quantitative estimate of drug-likeness (QED) is 0.741. The molecule has 8 heteroatoms. The highest BCUT2D eigenvalue weighted by Crippen LogP contribution is 2.27. The highest BCUT2D eigenvalue weighted by Gasteiger charge is 2.23. The van der Waals surface area contributed by atoms with Crippen molar-refractivity contribution in [3.05, 3.63) is 29.0 Å². The Hall–Kier alpha value is -2.19. The molecule has 2 aromatic rings. The van der Waals surface area contributed by atoms with Crippen molar-refractivity contribution < 1.29 is 24.2 Å². The van der Waals surface area contributed by atoms with Gasteiger partial charge in [0.25, 0.3) is 5.91 Å². The topological polar surface area (TPSA) is 113 Å². The molecule has 2 heterocycles. The maximum absolute atomic E-state index is 12.1. The second-order valence-electron chi connectivity index (χ2n) is 4.28. The Morgan fingerprint density at radius 2 is 2.29 bits per heavy atom. The number of carboxylic acids is 1. The van der Waals surface area contributed by atoms with Gasteiger partial charge in [-0.2, -0.15) is 0 Å². The number of aliphatic hydroxyl groups is 1. The Bertz CT molecular complexity index is 635. The number of amides is 1. The van der Waals surface area contributed by atoms with Crippen molar-refractivity contribution in [1.29, 1.82) is 0 Å². The molecule has 3 N–H and O–H groups in total. The predicted octanol–water partition coefficient (Wildman–Crippen LogP) is 1.28.